The van der Waals surface area contributed by atoms with Gasteiger partial charge in [0.15, 0.2) is 0 Å². The molecule has 0 radical (unpaired) electrons. The Kier molecular flexibility index (Phi) is 4.19. The van der Waals surface area contributed by atoms with Crippen LogP contribution in [0.1, 0.15) is 25.7 Å². The summed E-state index contributed by atoms with van der Waals surface area (Å²) in [7, 11) is 0. The van der Waals surface area contributed by atoms with Crippen molar-refractivity contribution >= 4 is 17.3 Å². The summed E-state index contributed by atoms with van der Waals surface area (Å²) in [6.45, 7) is 0. The van der Waals surface area contributed by atoms with E-state index in [1.807, 2.05) is 0 Å². The molecule has 20 heavy (non-hydrogen) atoms. The van der Waals surface area contributed by atoms with E-state index >= 15 is 0 Å². The fourth-order valence-electron chi connectivity index (χ4n) is 2.35. The molecule has 0 bridgehead atoms. The van der Waals surface area contributed by atoms with Crippen molar-refractivity contribution in [3.63, 3.8) is 0 Å². The van der Waals surface area contributed by atoms with Gasteiger partial charge in [-0.25, -0.2) is 0 Å². The van der Waals surface area contributed by atoms with E-state index in [-0.39, 0.29) is 35.0 Å². The highest BCUT2D eigenvalue weighted by Gasteiger charge is 2.25. The molecule has 0 atom stereocenters. The molecule has 2 rings (SSSR count). The number of nitrogens with one attached hydrogen (secondary N) is 1. The Labute approximate surface area is 115 Å². The Bertz CT molecular complexity index is 524. The summed E-state index contributed by atoms with van der Waals surface area (Å²) in [6, 6.07) is 3.68. The van der Waals surface area contributed by atoms with E-state index in [0.717, 1.165) is 18.9 Å². The molecule has 1 aliphatic carbocycles. The van der Waals surface area contributed by atoms with Crippen molar-refractivity contribution < 1.29 is 14.8 Å². The highest BCUT2D eigenvalue weighted by Crippen LogP contribution is 2.30. The van der Waals surface area contributed by atoms with Crippen molar-refractivity contribution in [2.45, 2.75) is 31.7 Å². The van der Waals surface area contributed by atoms with Gasteiger partial charge in [-0.3, -0.25) is 14.9 Å². The minimum Gasteiger partial charge on any atom is -0.506 e. The van der Waals surface area contributed by atoms with Gasteiger partial charge in [0.25, 0.3) is 5.69 Å². The largest absolute Gasteiger partial charge is 0.506 e. The lowest BCUT2D eigenvalue weighted by molar-refractivity contribution is -0.384. The topological polar surface area (TPSA) is 118 Å². The van der Waals surface area contributed by atoms with Crippen LogP contribution in [-0.4, -0.2) is 22.0 Å². The number of aromatic hydroxyl groups is 1. The Balaban J connectivity index is 2.07. The van der Waals surface area contributed by atoms with Crippen LogP contribution in [0.3, 0.4) is 0 Å². The Morgan fingerprint density at radius 2 is 2.00 bits per heavy atom. The van der Waals surface area contributed by atoms with Crippen LogP contribution in [-0.2, 0) is 4.79 Å². The van der Waals surface area contributed by atoms with Gasteiger partial charge >= 0.3 is 0 Å². The first-order valence-corrected chi connectivity index (χ1v) is 6.51. The first kappa shape index (κ1) is 14.3. The zero-order valence-electron chi connectivity index (χ0n) is 10.9. The predicted molar refractivity (Wildman–Crippen MR) is 73.3 cm³/mol. The third kappa shape index (κ3) is 3.24. The number of nitro groups is 1. The molecule has 1 amide bonds. The zero-order chi connectivity index (χ0) is 14.7. The quantitative estimate of drug-likeness (QED) is 0.442. The number of carbonyl (C=O) groups is 1. The molecule has 0 saturated heterocycles. The number of phenols is 1. The van der Waals surface area contributed by atoms with Gasteiger partial charge in [-0.2, -0.15) is 0 Å². The normalized spacial score (nSPS) is 22.2. The molecule has 7 heteroatoms. The molecule has 7 nitrogen and oxygen atoms in total. The van der Waals surface area contributed by atoms with Gasteiger partial charge in [-0.1, -0.05) is 0 Å². The summed E-state index contributed by atoms with van der Waals surface area (Å²) in [5.74, 6) is -0.572. The third-order valence-corrected chi connectivity index (χ3v) is 3.59. The van der Waals surface area contributed by atoms with E-state index in [2.05, 4.69) is 5.32 Å². The number of anilines is 1. The second-order valence-corrected chi connectivity index (χ2v) is 5.06. The molecule has 0 aromatic heterocycles. The lowest BCUT2D eigenvalue weighted by atomic mass is 9.86. The summed E-state index contributed by atoms with van der Waals surface area (Å²) in [4.78, 5) is 22.2. The molecule has 0 aliphatic heterocycles. The SMILES string of the molecule is NC1CCC(C(=O)Nc2cc([N+](=O)[O-])ccc2O)CC1. The van der Waals surface area contributed by atoms with Crippen molar-refractivity contribution in [1.29, 1.82) is 0 Å². The van der Waals surface area contributed by atoms with Crippen LogP contribution in [0, 0.1) is 16.0 Å². The maximum Gasteiger partial charge on any atom is 0.271 e. The van der Waals surface area contributed by atoms with E-state index in [1.54, 1.807) is 0 Å². The molecule has 4 N–H and O–H groups in total. The fraction of sp³-hybridized carbons (Fsp3) is 0.462. The summed E-state index contributed by atoms with van der Waals surface area (Å²) >= 11 is 0. The van der Waals surface area contributed by atoms with Crippen molar-refractivity contribution in [2.24, 2.45) is 11.7 Å². The summed E-state index contributed by atoms with van der Waals surface area (Å²) in [6.07, 6.45) is 2.98. The Hall–Kier alpha value is -2.15. The molecular weight excluding hydrogens is 262 g/mol. The van der Waals surface area contributed by atoms with Crippen molar-refractivity contribution in [2.75, 3.05) is 5.32 Å². The van der Waals surface area contributed by atoms with Crippen LogP contribution < -0.4 is 11.1 Å². The van der Waals surface area contributed by atoms with E-state index < -0.39 is 4.92 Å². The van der Waals surface area contributed by atoms with Crippen molar-refractivity contribution in [3.8, 4) is 5.75 Å². The van der Waals surface area contributed by atoms with Gasteiger partial charge in [-0.05, 0) is 31.7 Å². The number of nitro benzene ring substituents is 1. The van der Waals surface area contributed by atoms with Crippen molar-refractivity contribution in [3.05, 3.63) is 28.3 Å². The van der Waals surface area contributed by atoms with E-state index in [1.165, 1.54) is 12.1 Å². The number of benzene rings is 1. The number of amides is 1. The third-order valence-electron chi connectivity index (χ3n) is 3.59. The fourth-order valence-corrected chi connectivity index (χ4v) is 2.35. The molecule has 0 unspecified atom stereocenters. The number of nitrogens with two attached hydrogens (primary N) is 1. The van der Waals surface area contributed by atoms with Gasteiger partial charge in [0.2, 0.25) is 5.91 Å². The zero-order valence-corrected chi connectivity index (χ0v) is 10.9. The van der Waals surface area contributed by atoms with Gasteiger partial charge in [0, 0.05) is 24.1 Å². The minimum atomic E-state index is -0.575. The molecule has 0 spiro atoms. The van der Waals surface area contributed by atoms with Gasteiger partial charge in [-0.15, -0.1) is 0 Å². The van der Waals surface area contributed by atoms with E-state index in [4.69, 9.17) is 5.73 Å². The number of rotatable bonds is 3. The maximum absolute atomic E-state index is 12.1. The van der Waals surface area contributed by atoms with Crippen LogP contribution in [0.2, 0.25) is 0 Å². The minimum absolute atomic E-state index is 0.0686. The highest BCUT2D eigenvalue weighted by molar-refractivity contribution is 5.94. The number of carbonyl (C=O) groups excluding carboxylic acids is 1. The molecular formula is C13H17N3O4. The molecule has 108 valence electrons. The first-order chi connectivity index (χ1) is 9.47. The monoisotopic (exact) mass is 279 g/mol. The molecule has 1 aliphatic rings. The average molecular weight is 279 g/mol. The number of hydrogen-bond acceptors (Lipinski definition) is 5. The number of nitrogens with zero attached hydrogens (tertiary/aromatic N) is 1. The summed E-state index contributed by atoms with van der Waals surface area (Å²) in [5.41, 5.74) is 5.67. The van der Waals surface area contributed by atoms with Gasteiger partial charge in [0.05, 0.1) is 10.6 Å². The van der Waals surface area contributed by atoms with Crippen LogP contribution in [0.15, 0.2) is 18.2 Å². The van der Waals surface area contributed by atoms with Gasteiger partial charge in [0.1, 0.15) is 5.75 Å². The van der Waals surface area contributed by atoms with Gasteiger partial charge < -0.3 is 16.2 Å². The van der Waals surface area contributed by atoms with Crippen LogP contribution in [0.4, 0.5) is 11.4 Å². The average Bonchev–Trinajstić information content (AvgIpc) is 2.41. The Morgan fingerprint density at radius 3 is 2.60 bits per heavy atom. The highest BCUT2D eigenvalue weighted by atomic mass is 16.6. The second kappa shape index (κ2) is 5.87. The molecule has 0 heterocycles. The number of phenolic OH excluding ortho intramolecular Hbond substituents is 1. The molecule has 1 fully saturated rings. The predicted octanol–water partition coefficient (Wildman–Crippen LogP) is 1.76. The summed E-state index contributed by atoms with van der Waals surface area (Å²) in [5, 5.41) is 22.9. The Morgan fingerprint density at radius 1 is 1.35 bits per heavy atom. The molecule has 1 aromatic rings. The van der Waals surface area contributed by atoms with Crippen LogP contribution in [0.5, 0.6) is 5.75 Å². The second-order valence-electron chi connectivity index (χ2n) is 5.06. The lowest BCUT2D eigenvalue weighted by Gasteiger charge is -2.25. The van der Waals surface area contributed by atoms with E-state index in [0.29, 0.717) is 12.8 Å². The number of hydrogen-bond donors (Lipinski definition) is 3. The first-order valence-electron chi connectivity index (χ1n) is 6.51. The van der Waals surface area contributed by atoms with Crippen LogP contribution in [0.25, 0.3) is 0 Å². The standard InChI is InChI=1S/C13H17N3O4/c14-9-3-1-8(2-4-9)13(18)15-11-7-10(16(19)20)5-6-12(11)17/h5-9,17H,1-4,14H2,(H,15,18). The van der Waals surface area contributed by atoms with Crippen LogP contribution >= 0.6 is 0 Å². The number of non-ortho nitro benzene ring substituents is 1. The van der Waals surface area contributed by atoms with Crippen molar-refractivity contribution in [1.82, 2.24) is 0 Å². The molecule has 1 saturated carbocycles. The van der Waals surface area contributed by atoms with E-state index in [9.17, 15) is 20.0 Å². The lowest BCUT2D eigenvalue weighted by Crippen LogP contribution is -2.32. The maximum atomic E-state index is 12.1. The smallest absolute Gasteiger partial charge is 0.271 e. The summed E-state index contributed by atoms with van der Waals surface area (Å²) < 4.78 is 0. The molecule has 1 aromatic carbocycles.